The summed E-state index contributed by atoms with van der Waals surface area (Å²) in [5, 5.41) is 0. The minimum atomic E-state index is -1.69. The predicted molar refractivity (Wildman–Crippen MR) is 123 cm³/mol. The van der Waals surface area contributed by atoms with Gasteiger partial charge in [-0.25, -0.2) is 13.6 Å². The number of hydrogen-bond donors (Lipinski definition) is 0. The number of rotatable bonds is 3. The fourth-order valence-corrected chi connectivity index (χ4v) is 4.41. The Morgan fingerprint density at radius 1 is 1.19 bits per heavy atom. The second kappa shape index (κ2) is 9.16. The van der Waals surface area contributed by atoms with Crippen molar-refractivity contribution in [1.82, 2.24) is 4.98 Å². The van der Waals surface area contributed by atoms with Crippen molar-refractivity contribution in [2.75, 3.05) is 18.5 Å². The molecule has 2 heterocycles. The van der Waals surface area contributed by atoms with Crippen molar-refractivity contribution in [3.8, 4) is 17.7 Å². The van der Waals surface area contributed by atoms with Gasteiger partial charge in [0, 0.05) is 36.9 Å². The number of carbonyl (C=O) groups is 1. The lowest BCUT2D eigenvalue weighted by Gasteiger charge is -2.27. The Morgan fingerprint density at radius 2 is 2.03 bits per heavy atom. The second-order valence-corrected chi connectivity index (χ2v) is 8.54. The van der Waals surface area contributed by atoms with Crippen LogP contribution in [0.2, 0.25) is 0 Å². The lowest BCUT2D eigenvalue weighted by Crippen LogP contribution is -2.31. The first-order valence-electron chi connectivity index (χ1n) is 9.75. The summed E-state index contributed by atoms with van der Waals surface area (Å²) in [6.45, 7) is 0. The SMILES string of the molecule is COc1ccc(CC#Cc2ccc3c(c2)C(=O)/C(=C/c2cccc(F)c2)S(=O)N3C)cn1. The van der Waals surface area contributed by atoms with Crippen LogP contribution in [0.5, 0.6) is 5.88 Å². The molecule has 0 aliphatic carbocycles. The number of pyridine rings is 1. The van der Waals surface area contributed by atoms with Crippen LogP contribution in [-0.2, 0) is 17.4 Å². The number of nitrogens with zero attached hydrogens (tertiary/aromatic N) is 2. The molecule has 0 N–H and O–H groups in total. The van der Waals surface area contributed by atoms with Gasteiger partial charge in [0.1, 0.15) is 10.7 Å². The van der Waals surface area contributed by atoms with Crippen molar-refractivity contribution in [3.63, 3.8) is 0 Å². The molecule has 0 fully saturated rings. The first-order valence-corrected chi connectivity index (χ1v) is 10.9. The van der Waals surface area contributed by atoms with E-state index in [2.05, 4.69) is 16.8 Å². The molecule has 0 amide bonds. The summed E-state index contributed by atoms with van der Waals surface area (Å²) in [6, 6.07) is 14.7. The fourth-order valence-electron chi connectivity index (χ4n) is 3.27. The van der Waals surface area contributed by atoms with Crippen molar-refractivity contribution >= 4 is 28.5 Å². The van der Waals surface area contributed by atoms with Crippen LogP contribution in [0.15, 0.2) is 65.7 Å². The number of methoxy groups -OCH3 is 1. The summed E-state index contributed by atoms with van der Waals surface area (Å²) in [7, 11) is 1.52. The number of anilines is 1. The quantitative estimate of drug-likeness (QED) is 0.448. The first kappa shape index (κ1) is 21.5. The Morgan fingerprint density at radius 3 is 2.75 bits per heavy atom. The molecular weight excluding hydrogens is 427 g/mol. The van der Waals surface area contributed by atoms with Crippen LogP contribution in [-0.4, -0.2) is 29.1 Å². The smallest absolute Gasteiger partial charge is 0.212 e. The summed E-state index contributed by atoms with van der Waals surface area (Å²) < 4.78 is 33.0. The van der Waals surface area contributed by atoms with Gasteiger partial charge in [-0.15, -0.1) is 0 Å². The summed E-state index contributed by atoms with van der Waals surface area (Å²) in [5.74, 6) is 5.91. The monoisotopic (exact) mass is 446 g/mol. The highest BCUT2D eigenvalue weighted by atomic mass is 32.2. The number of ether oxygens (including phenoxy) is 1. The lowest BCUT2D eigenvalue weighted by atomic mass is 10.0. The van der Waals surface area contributed by atoms with Gasteiger partial charge in [0.25, 0.3) is 0 Å². The van der Waals surface area contributed by atoms with Gasteiger partial charge in [-0.1, -0.05) is 30.0 Å². The molecular formula is C25H19FN2O3S. The van der Waals surface area contributed by atoms with E-state index in [-0.39, 0.29) is 10.7 Å². The highest BCUT2D eigenvalue weighted by Gasteiger charge is 2.32. The number of carbonyl (C=O) groups excluding carboxylic acids is 1. The molecule has 0 saturated carbocycles. The topological polar surface area (TPSA) is 59.5 Å². The van der Waals surface area contributed by atoms with Crippen LogP contribution in [0.25, 0.3) is 6.08 Å². The molecule has 1 atom stereocenters. The van der Waals surface area contributed by atoms with Crippen molar-refractivity contribution in [2.24, 2.45) is 0 Å². The van der Waals surface area contributed by atoms with Gasteiger partial charge in [-0.3, -0.25) is 9.10 Å². The van der Waals surface area contributed by atoms with E-state index in [1.165, 1.54) is 22.5 Å². The standard InChI is InChI=1S/C25H19FN2O3S/c1-28-22-11-9-17(5-3-6-18-10-12-24(31-2)27-16-18)14-21(22)25(29)23(32(28)30)15-19-7-4-8-20(26)13-19/h4,7-16H,6H2,1-2H3/b23-15-. The normalized spacial score (nSPS) is 16.3. The molecule has 7 heteroatoms. The van der Waals surface area contributed by atoms with E-state index in [9.17, 15) is 13.4 Å². The van der Waals surface area contributed by atoms with Crippen LogP contribution >= 0.6 is 0 Å². The molecule has 1 aromatic heterocycles. The number of ketones is 1. The number of Topliss-reactive ketones (excluding diaryl/α,β-unsaturated/α-hetero) is 1. The van der Waals surface area contributed by atoms with E-state index in [1.54, 1.807) is 56.8 Å². The average Bonchev–Trinajstić information content (AvgIpc) is 2.81. The van der Waals surface area contributed by atoms with Crippen LogP contribution in [0.4, 0.5) is 10.1 Å². The molecule has 5 nitrogen and oxygen atoms in total. The Labute approximate surface area is 188 Å². The molecule has 160 valence electrons. The third kappa shape index (κ3) is 4.46. The molecule has 1 aliphatic rings. The van der Waals surface area contributed by atoms with Crippen LogP contribution in [0.3, 0.4) is 0 Å². The minimum Gasteiger partial charge on any atom is -0.481 e. The van der Waals surface area contributed by atoms with Gasteiger partial charge in [-0.2, -0.15) is 0 Å². The fraction of sp³-hybridized carbons (Fsp3) is 0.120. The van der Waals surface area contributed by atoms with E-state index in [0.29, 0.717) is 34.7 Å². The largest absolute Gasteiger partial charge is 0.481 e. The zero-order valence-electron chi connectivity index (χ0n) is 17.5. The third-order valence-electron chi connectivity index (χ3n) is 4.92. The molecule has 32 heavy (non-hydrogen) atoms. The molecule has 3 aromatic rings. The number of hydrogen-bond acceptors (Lipinski definition) is 4. The highest BCUT2D eigenvalue weighted by Crippen LogP contribution is 2.33. The summed E-state index contributed by atoms with van der Waals surface area (Å²) in [4.78, 5) is 17.4. The van der Waals surface area contributed by atoms with Crippen LogP contribution in [0.1, 0.15) is 27.0 Å². The van der Waals surface area contributed by atoms with Crippen molar-refractivity contribution in [2.45, 2.75) is 6.42 Å². The summed E-state index contributed by atoms with van der Waals surface area (Å²) >= 11 is 0. The minimum absolute atomic E-state index is 0.0972. The zero-order chi connectivity index (χ0) is 22.7. The zero-order valence-corrected chi connectivity index (χ0v) is 18.3. The van der Waals surface area contributed by atoms with E-state index in [0.717, 1.165) is 5.56 Å². The molecule has 0 radical (unpaired) electrons. The van der Waals surface area contributed by atoms with Crippen molar-refractivity contribution < 1.29 is 18.1 Å². The second-order valence-electron chi connectivity index (χ2n) is 7.06. The Balaban J connectivity index is 1.62. The average molecular weight is 447 g/mol. The number of fused-ring (bicyclic) bond motifs is 1. The third-order valence-corrected chi connectivity index (χ3v) is 6.29. The Hall–Kier alpha value is -3.76. The molecule has 4 rings (SSSR count). The molecule has 1 aliphatic heterocycles. The molecule has 1 unspecified atom stereocenters. The van der Waals surface area contributed by atoms with Crippen LogP contribution in [0, 0.1) is 17.7 Å². The predicted octanol–water partition coefficient (Wildman–Crippen LogP) is 4.16. The highest BCUT2D eigenvalue weighted by molar-refractivity contribution is 7.91. The van der Waals surface area contributed by atoms with E-state index in [1.807, 2.05) is 6.07 Å². The van der Waals surface area contributed by atoms with Gasteiger partial charge in [0.15, 0.2) is 11.0 Å². The maximum atomic E-state index is 13.5. The number of allylic oxidation sites excluding steroid dienone is 1. The maximum Gasteiger partial charge on any atom is 0.212 e. The van der Waals surface area contributed by atoms with Gasteiger partial charge < -0.3 is 4.74 Å². The lowest BCUT2D eigenvalue weighted by molar-refractivity contribution is 0.104. The maximum absolute atomic E-state index is 13.5. The van der Waals surface area contributed by atoms with Crippen molar-refractivity contribution in [3.05, 3.63) is 93.8 Å². The summed E-state index contributed by atoms with van der Waals surface area (Å²) in [5.41, 5.74) is 3.07. The first-order chi connectivity index (χ1) is 15.5. The van der Waals surface area contributed by atoms with E-state index >= 15 is 0 Å². The Kier molecular flexibility index (Phi) is 6.15. The van der Waals surface area contributed by atoms with Crippen molar-refractivity contribution in [1.29, 1.82) is 0 Å². The van der Waals surface area contributed by atoms with Crippen LogP contribution < -0.4 is 9.04 Å². The number of halogens is 1. The number of aromatic nitrogens is 1. The number of benzene rings is 2. The molecule has 0 bridgehead atoms. The van der Waals surface area contributed by atoms with Gasteiger partial charge in [0.05, 0.1) is 12.8 Å². The molecule has 2 aromatic carbocycles. The molecule has 0 spiro atoms. The van der Waals surface area contributed by atoms with E-state index in [4.69, 9.17) is 4.74 Å². The Bertz CT molecular complexity index is 1310. The molecule has 0 saturated heterocycles. The van der Waals surface area contributed by atoms with Gasteiger partial charge in [0.2, 0.25) is 11.7 Å². The van der Waals surface area contributed by atoms with E-state index < -0.39 is 16.8 Å². The van der Waals surface area contributed by atoms with Gasteiger partial charge in [-0.05, 0) is 47.5 Å². The summed E-state index contributed by atoms with van der Waals surface area (Å²) in [6.07, 6.45) is 3.67. The van der Waals surface area contributed by atoms with Gasteiger partial charge >= 0.3 is 0 Å².